The number of nitrogens with zero attached hydrogens (tertiary/aromatic N) is 2. The van der Waals surface area contributed by atoms with Crippen molar-refractivity contribution >= 4 is 5.97 Å². The van der Waals surface area contributed by atoms with E-state index in [9.17, 15) is 4.79 Å². The molecule has 0 amide bonds. The fourth-order valence-electron chi connectivity index (χ4n) is 2.64. The van der Waals surface area contributed by atoms with Crippen LogP contribution in [-0.2, 0) is 17.6 Å². The van der Waals surface area contributed by atoms with Crippen LogP contribution in [0, 0.1) is 12.8 Å². The van der Waals surface area contributed by atoms with E-state index in [-0.39, 0.29) is 5.92 Å². The Labute approximate surface area is 117 Å². The van der Waals surface area contributed by atoms with Gasteiger partial charge in [-0.05, 0) is 37.8 Å². The van der Waals surface area contributed by atoms with Gasteiger partial charge in [0, 0.05) is 17.5 Å². The molecule has 1 aromatic heterocycles. The lowest BCUT2D eigenvalue weighted by atomic mass is 9.87. The number of carboxylic acids is 1. The summed E-state index contributed by atoms with van der Waals surface area (Å²) in [6.45, 7) is 2.04. The molecule has 1 aliphatic rings. The smallest absolute Gasteiger partial charge is 0.306 e. The van der Waals surface area contributed by atoms with E-state index in [1.807, 2.05) is 25.1 Å². The van der Waals surface area contributed by atoms with E-state index in [0.29, 0.717) is 19.3 Å². The molecule has 1 atom stereocenters. The van der Waals surface area contributed by atoms with Gasteiger partial charge in [0.25, 0.3) is 0 Å². The minimum absolute atomic E-state index is 0.295. The maximum atomic E-state index is 11.0. The summed E-state index contributed by atoms with van der Waals surface area (Å²) in [5, 5.41) is 9.09. The van der Waals surface area contributed by atoms with E-state index in [2.05, 4.69) is 16.0 Å². The standard InChI is InChI=1S/C16H16N2O2/c1-10-3-2-4-11(7-10)15-17-9-13-8-12(16(19)20)5-6-14(13)18-15/h2-4,7,9,12H,5-6,8H2,1H3,(H,19,20). The van der Waals surface area contributed by atoms with Crippen LogP contribution in [0.1, 0.15) is 23.2 Å². The predicted molar refractivity (Wildman–Crippen MR) is 75.4 cm³/mol. The average molecular weight is 268 g/mol. The van der Waals surface area contributed by atoms with Gasteiger partial charge in [-0.1, -0.05) is 23.8 Å². The molecule has 20 heavy (non-hydrogen) atoms. The molecule has 102 valence electrons. The normalized spacial score (nSPS) is 17.6. The molecule has 3 rings (SSSR count). The zero-order valence-electron chi connectivity index (χ0n) is 11.3. The van der Waals surface area contributed by atoms with Gasteiger partial charge in [0.2, 0.25) is 0 Å². The Balaban J connectivity index is 1.93. The highest BCUT2D eigenvalue weighted by molar-refractivity contribution is 5.71. The molecule has 0 saturated heterocycles. The van der Waals surface area contributed by atoms with Crippen molar-refractivity contribution in [2.75, 3.05) is 0 Å². The quantitative estimate of drug-likeness (QED) is 0.909. The minimum Gasteiger partial charge on any atom is -0.481 e. The number of aryl methyl sites for hydroxylation is 2. The maximum Gasteiger partial charge on any atom is 0.306 e. The van der Waals surface area contributed by atoms with Gasteiger partial charge in [-0.3, -0.25) is 4.79 Å². The van der Waals surface area contributed by atoms with E-state index in [1.54, 1.807) is 6.20 Å². The number of carbonyl (C=O) groups is 1. The van der Waals surface area contributed by atoms with Crippen LogP contribution in [-0.4, -0.2) is 21.0 Å². The summed E-state index contributed by atoms with van der Waals surface area (Å²) >= 11 is 0. The highest BCUT2D eigenvalue weighted by Gasteiger charge is 2.25. The van der Waals surface area contributed by atoms with Crippen LogP contribution in [0.2, 0.25) is 0 Å². The van der Waals surface area contributed by atoms with Crippen molar-refractivity contribution in [3.8, 4) is 11.4 Å². The first-order valence-electron chi connectivity index (χ1n) is 6.78. The lowest BCUT2D eigenvalue weighted by molar-refractivity contribution is -0.142. The average Bonchev–Trinajstić information content (AvgIpc) is 2.46. The second-order valence-electron chi connectivity index (χ2n) is 5.31. The third-order valence-electron chi connectivity index (χ3n) is 3.78. The number of hydrogen-bond acceptors (Lipinski definition) is 3. The van der Waals surface area contributed by atoms with Crippen LogP contribution in [0.4, 0.5) is 0 Å². The Morgan fingerprint density at radius 1 is 1.40 bits per heavy atom. The molecular weight excluding hydrogens is 252 g/mol. The molecule has 1 aromatic carbocycles. The van der Waals surface area contributed by atoms with Gasteiger partial charge >= 0.3 is 5.97 Å². The van der Waals surface area contributed by atoms with Crippen LogP contribution in [0.15, 0.2) is 30.5 Å². The lowest BCUT2D eigenvalue weighted by Crippen LogP contribution is -2.23. The topological polar surface area (TPSA) is 63.1 Å². The minimum atomic E-state index is -0.724. The summed E-state index contributed by atoms with van der Waals surface area (Å²) in [7, 11) is 0. The van der Waals surface area contributed by atoms with E-state index >= 15 is 0 Å². The number of hydrogen-bond donors (Lipinski definition) is 1. The first-order chi connectivity index (χ1) is 9.63. The molecule has 0 aliphatic heterocycles. The Bertz CT molecular complexity index is 667. The van der Waals surface area contributed by atoms with Crippen LogP contribution in [0.5, 0.6) is 0 Å². The molecule has 1 heterocycles. The van der Waals surface area contributed by atoms with E-state index in [0.717, 1.165) is 22.6 Å². The van der Waals surface area contributed by atoms with Gasteiger partial charge in [0.1, 0.15) is 0 Å². The third-order valence-corrected chi connectivity index (χ3v) is 3.78. The van der Waals surface area contributed by atoms with E-state index in [4.69, 9.17) is 5.11 Å². The highest BCUT2D eigenvalue weighted by atomic mass is 16.4. The number of carboxylic acid groups (broad SMARTS) is 1. The Morgan fingerprint density at radius 3 is 3.00 bits per heavy atom. The molecule has 0 fully saturated rings. The summed E-state index contributed by atoms with van der Waals surface area (Å²) < 4.78 is 0. The van der Waals surface area contributed by atoms with Crippen LogP contribution in [0.3, 0.4) is 0 Å². The number of benzene rings is 1. The van der Waals surface area contributed by atoms with Crippen molar-refractivity contribution in [1.29, 1.82) is 0 Å². The summed E-state index contributed by atoms with van der Waals surface area (Å²) in [6.07, 6.45) is 3.70. The molecule has 2 aromatic rings. The lowest BCUT2D eigenvalue weighted by Gasteiger charge is -2.20. The van der Waals surface area contributed by atoms with Crippen LogP contribution in [0.25, 0.3) is 11.4 Å². The zero-order valence-corrected chi connectivity index (χ0v) is 11.3. The SMILES string of the molecule is Cc1cccc(-c2ncc3c(n2)CCC(C(=O)O)C3)c1. The Kier molecular flexibility index (Phi) is 3.22. The summed E-state index contributed by atoms with van der Waals surface area (Å²) in [6, 6.07) is 8.09. The van der Waals surface area contributed by atoms with E-state index < -0.39 is 5.97 Å². The summed E-state index contributed by atoms with van der Waals surface area (Å²) in [5.41, 5.74) is 4.15. The molecule has 0 saturated carbocycles. The number of aliphatic carboxylic acids is 1. The van der Waals surface area contributed by atoms with Crippen molar-refractivity contribution in [2.24, 2.45) is 5.92 Å². The van der Waals surface area contributed by atoms with Gasteiger partial charge < -0.3 is 5.11 Å². The van der Waals surface area contributed by atoms with Crippen molar-refractivity contribution < 1.29 is 9.90 Å². The summed E-state index contributed by atoms with van der Waals surface area (Å²) in [4.78, 5) is 20.1. The van der Waals surface area contributed by atoms with Gasteiger partial charge in [0.05, 0.1) is 5.92 Å². The highest BCUT2D eigenvalue weighted by Crippen LogP contribution is 2.26. The van der Waals surface area contributed by atoms with Gasteiger partial charge in [-0.15, -0.1) is 0 Å². The second kappa shape index (κ2) is 5.04. The Hall–Kier alpha value is -2.23. The number of fused-ring (bicyclic) bond motifs is 1. The van der Waals surface area contributed by atoms with Crippen molar-refractivity contribution in [2.45, 2.75) is 26.2 Å². The molecule has 0 spiro atoms. The van der Waals surface area contributed by atoms with Crippen molar-refractivity contribution in [3.63, 3.8) is 0 Å². The van der Waals surface area contributed by atoms with Crippen LogP contribution < -0.4 is 0 Å². The molecule has 1 N–H and O–H groups in total. The molecular formula is C16H16N2O2. The zero-order chi connectivity index (χ0) is 14.1. The second-order valence-corrected chi connectivity index (χ2v) is 5.31. The van der Waals surface area contributed by atoms with E-state index in [1.165, 1.54) is 5.56 Å². The molecule has 1 aliphatic carbocycles. The fourth-order valence-corrected chi connectivity index (χ4v) is 2.64. The molecule has 4 heteroatoms. The van der Waals surface area contributed by atoms with Crippen molar-refractivity contribution in [3.05, 3.63) is 47.3 Å². The molecule has 0 radical (unpaired) electrons. The summed E-state index contributed by atoms with van der Waals surface area (Å²) in [5.74, 6) is -0.296. The first-order valence-corrected chi connectivity index (χ1v) is 6.78. The largest absolute Gasteiger partial charge is 0.481 e. The molecule has 0 bridgehead atoms. The number of rotatable bonds is 2. The number of aromatic nitrogens is 2. The predicted octanol–water partition coefficient (Wildman–Crippen LogP) is 2.64. The van der Waals surface area contributed by atoms with Crippen LogP contribution >= 0.6 is 0 Å². The Morgan fingerprint density at radius 2 is 2.25 bits per heavy atom. The molecule has 1 unspecified atom stereocenters. The van der Waals surface area contributed by atoms with Gasteiger partial charge in [-0.2, -0.15) is 0 Å². The maximum absolute atomic E-state index is 11.0. The molecule has 4 nitrogen and oxygen atoms in total. The van der Waals surface area contributed by atoms with Gasteiger partial charge in [-0.25, -0.2) is 9.97 Å². The third kappa shape index (κ3) is 2.41. The van der Waals surface area contributed by atoms with Gasteiger partial charge in [0.15, 0.2) is 5.82 Å². The fraction of sp³-hybridized carbons (Fsp3) is 0.312. The van der Waals surface area contributed by atoms with Crippen molar-refractivity contribution in [1.82, 2.24) is 9.97 Å². The monoisotopic (exact) mass is 268 g/mol. The first kappa shape index (κ1) is 12.8.